The first-order valence-corrected chi connectivity index (χ1v) is 7.78. The second-order valence-electron chi connectivity index (χ2n) is 5.81. The molecule has 0 saturated carbocycles. The van der Waals surface area contributed by atoms with Crippen LogP contribution in [0.2, 0.25) is 0 Å². The molecular weight excluding hydrogens is 250 g/mol. The van der Waals surface area contributed by atoms with Gasteiger partial charge in [-0.3, -0.25) is 0 Å². The van der Waals surface area contributed by atoms with Crippen LogP contribution in [0.1, 0.15) is 33.6 Å². The van der Waals surface area contributed by atoms with Gasteiger partial charge in [0.15, 0.2) is 0 Å². The van der Waals surface area contributed by atoms with Crippen LogP contribution in [-0.4, -0.2) is 37.3 Å². The molecule has 4 heteroatoms. The van der Waals surface area contributed by atoms with Gasteiger partial charge in [0.2, 0.25) is 5.88 Å². The normalized spacial score (nSPS) is 18.8. The van der Waals surface area contributed by atoms with E-state index in [1.54, 1.807) is 0 Å². The molecule has 4 nitrogen and oxygen atoms in total. The second kappa shape index (κ2) is 7.48. The van der Waals surface area contributed by atoms with Crippen LogP contribution < -0.4 is 15.0 Å². The molecule has 1 aromatic rings. The van der Waals surface area contributed by atoms with Crippen molar-refractivity contribution in [3.05, 3.63) is 18.2 Å². The first-order chi connectivity index (χ1) is 9.70. The summed E-state index contributed by atoms with van der Waals surface area (Å²) in [6.45, 7) is 10.4. The quantitative estimate of drug-likeness (QED) is 0.831. The third-order valence-corrected chi connectivity index (χ3v) is 3.61. The highest BCUT2D eigenvalue weighted by molar-refractivity contribution is 5.43. The van der Waals surface area contributed by atoms with Crippen LogP contribution >= 0.6 is 0 Å². The first kappa shape index (κ1) is 15.1. The maximum Gasteiger partial charge on any atom is 0.215 e. The lowest BCUT2D eigenvalue weighted by Crippen LogP contribution is -2.39. The Hall–Kier alpha value is -1.29. The van der Waals surface area contributed by atoms with E-state index in [9.17, 15) is 0 Å². The Morgan fingerprint density at radius 3 is 3.05 bits per heavy atom. The van der Waals surface area contributed by atoms with Crippen LogP contribution in [0, 0.1) is 5.92 Å². The monoisotopic (exact) mass is 277 g/mol. The number of hydrogen-bond donors (Lipinski definition) is 1. The molecule has 112 valence electrons. The first-order valence-electron chi connectivity index (χ1n) is 7.78. The fourth-order valence-corrected chi connectivity index (χ4v) is 2.68. The van der Waals surface area contributed by atoms with Crippen LogP contribution in [0.4, 0.5) is 5.82 Å². The Balaban J connectivity index is 1.97. The van der Waals surface area contributed by atoms with Crippen molar-refractivity contribution in [2.75, 3.05) is 31.1 Å². The van der Waals surface area contributed by atoms with E-state index >= 15 is 0 Å². The van der Waals surface area contributed by atoms with Crippen LogP contribution in [0.3, 0.4) is 0 Å². The molecule has 20 heavy (non-hydrogen) atoms. The SMILES string of the molecule is CCOc1cccc(N2CCCC2CNCC(C)C)n1. The summed E-state index contributed by atoms with van der Waals surface area (Å²) in [6.07, 6.45) is 2.49. The summed E-state index contributed by atoms with van der Waals surface area (Å²) in [5.41, 5.74) is 0. The summed E-state index contributed by atoms with van der Waals surface area (Å²) in [4.78, 5) is 7.03. The average Bonchev–Trinajstić information content (AvgIpc) is 2.87. The van der Waals surface area contributed by atoms with Gasteiger partial charge in [-0.15, -0.1) is 0 Å². The number of pyridine rings is 1. The van der Waals surface area contributed by atoms with E-state index in [1.807, 2.05) is 19.1 Å². The van der Waals surface area contributed by atoms with Crippen LogP contribution in [0.25, 0.3) is 0 Å². The van der Waals surface area contributed by atoms with Crippen molar-refractivity contribution >= 4 is 5.82 Å². The third-order valence-electron chi connectivity index (χ3n) is 3.61. The Morgan fingerprint density at radius 1 is 1.45 bits per heavy atom. The van der Waals surface area contributed by atoms with E-state index in [0.717, 1.165) is 31.3 Å². The van der Waals surface area contributed by atoms with E-state index < -0.39 is 0 Å². The third kappa shape index (κ3) is 4.10. The Kier molecular flexibility index (Phi) is 5.65. The van der Waals surface area contributed by atoms with Gasteiger partial charge in [-0.05, 0) is 38.3 Å². The molecule has 0 spiro atoms. The molecule has 1 N–H and O–H groups in total. The Bertz CT molecular complexity index is 408. The van der Waals surface area contributed by atoms with Gasteiger partial charge in [0.25, 0.3) is 0 Å². The van der Waals surface area contributed by atoms with Gasteiger partial charge in [-0.25, -0.2) is 0 Å². The number of aromatic nitrogens is 1. The molecule has 0 bridgehead atoms. The van der Waals surface area contributed by atoms with Gasteiger partial charge in [-0.1, -0.05) is 19.9 Å². The number of nitrogens with one attached hydrogen (secondary N) is 1. The molecule has 1 atom stereocenters. The van der Waals surface area contributed by atoms with Crippen LogP contribution in [0.15, 0.2) is 18.2 Å². The molecule has 1 aliphatic heterocycles. The molecule has 0 amide bonds. The summed E-state index contributed by atoms with van der Waals surface area (Å²) in [7, 11) is 0. The highest BCUT2D eigenvalue weighted by Crippen LogP contribution is 2.25. The summed E-state index contributed by atoms with van der Waals surface area (Å²) < 4.78 is 5.50. The topological polar surface area (TPSA) is 37.4 Å². The van der Waals surface area contributed by atoms with E-state index in [0.29, 0.717) is 18.6 Å². The van der Waals surface area contributed by atoms with Crippen molar-refractivity contribution in [1.82, 2.24) is 10.3 Å². The molecule has 0 aliphatic carbocycles. The molecule has 1 fully saturated rings. The molecule has 0 radical (unpaired) electrons. The standard InChI is InChI=1S/C16H27N3O/c1-4-20-16-9-5-8-15(18-16)19-10-6-7-14(19)12-17-11-13(2)3/h5,8-9,13-14,17H,4,6-7,10-12H2,1-3H3. The molecule has 2 heterocycles. The van der Waals surface area contributed by atoms with Crippen molar-refractivity contribution < 1.29 is 4.74 Å². The summed E-state index contributed by atoms with van der Waals surface area (Å²) in [5, 5.41) is 3.57. The van der Waals surface area contributed by atoms with Gasteiger partial charge in [0, 0.05) is 25.2 Å². The van der Waals surface area contributed by atoms with E-state index in [4.69, 9.17) is 4.74 Å². The average molecular weight is 277 g/mol. The molecule has 0 aromatic carbocycles. The van der Waals surface area contributed by atoms with Gasteiger partial charge in [-0.2, -0.15) is 4.98 Å². The number of anilines is 1. The minimum absolute atomic E-state index is 0.554. The lowest BCUT2D eigenvalue weighted by molar-refractivity contribution is 0.327. The number of nitrogens with zero attached hydrogens (tertiary/aromatic N) is 2. The number of rotatable bonds is 7. The summed E-state index contributed by atoms with van der Waals surface area (Å²) in [5.74, 6) is 2.47. The largest absolute Gasteiger partial charge is 0.478 e. The van der Waals surface area contributed by atoms with Crippen LogP contribution in [0.5, 0.6) is 5.88 Å². The minimum Gasteiger partial charge on any atom is -0.478 e. The smallest absolute Gasteiger partial charge is 0.215 e. The van der Waals surface area contributed by atoms with Gasteiger partial charge >= 0.3 is 0 Å². The maximum absolute atomic E-state index is 5.50. The fourth-order valence-electron chi connectivity index (χ4n) is 2.68. The highest BCUT2D eigenvalue weighted by Gasteiger charge is 2.25. The zero-order valence-electron chi connectivity index (χ0n) is 12.9. The van der Waals surface area contributed by atoms with E-state index in [-0.39, 0.29) is 0 Å². The molecule has 1 saturated heterocycles. The van der Waals surface area contributed by atoms with Gasteiger partial charge in [0.05, 0.1) is 6.61 Å². The molecule has 1 aromatic heterocycles. The second-order valence-corrected chi connectivity index (χ2v) is 5.81. The van der Waals surface area contributed by atoms with Crippen molar-refractivity contribution in [3.8, 4) is 5.88 Å². The minimum atomic E-state index is 0.554. The maximum atomic E-state index is 5.50. The molecule has 1 unspecified atom stereocenters. The predicted molar refractivity (Wildman–Crippen MR) is 83.5 cm³/mol. The predicted octanol–water partition coefficient (Wildman–Crippen LogP) is 2.69. The van der Waals surface area contributed by atoms with Gasteiger partial charge in [0.1, 0.15) is 5.82 Å². The molecule has 2 rings (SSSR count). The fraction of sp³-hybridized carbons (Fsp3) is 0.688. The van der Waals surface area contributed by atoms with Crippen molar-refractivity contribution in [3.63, 3.8) is 0 Å². The zero-order chi connectivity index (χ0) is 14.4. The van der Waals surface area contributed by atoms with Crippen molar-refractivity contribution in [1.29, 1.82) is 0 Å². The summed E-state index contributed by atoms with van der Waals surface area (Å²) in [6, 6.07) is 6.60. The Morgan fingerprint density at radius 2 is 2.30 bits per heavy atom. The van der Waals surface area contributed by atoms with Crippen molar-refractivity contribution in [2.45, 2.75) is 39.7 Å². The van der Waals surface area contributed by atoms with Crippen molar-refractivity contribution in [2.24, 2.45) is 5.92 Å². The van der Waals surface area contributed by atoms with E-state index in [2.05, 4.69) is 35.1 Å². The van der Waals surface area contributed by atoms with Crippen LogP contribution in [-0.2, 0) is 0 Å². The van der Waals surface area contributed by atoms with Gasteiger partial charge < -0.3 is 15.0 Å². The lowest BCUT2D eigenvalue weighted by atomic mass is 10.2. The zero-order valence-corrected chi connectivity index (χ0v) is 12.9. The molecular formula is C16H27N3O. The molecule has 1 aliphatic rings. The highest BCUT2D eigenvalue weighted by atomic mass is 16.5. The number of hydrogen-bond acceptors (Lipinski definition) is 4. The lowest BCUT2D eigenvalue weighted by Gasteiger charge is -2.26. The Labute approximate surface area is 122 Å². The van der Waals surface area contributed by atoms with E-state index in [1.165, 1.54) is 12.8 Å². The number of ether oxygens (including phenoxy) is 1. The summed E-state index contributed by atoms with van der Waals surface area (Å²) >= 11 is 0.